The average molecular weight is 300 g/mol. The van der Waals surface area contributed by atoms with Gasteiger partial charge in [0.15, 0.2) is 5.78 Å². The van der Waals surface area contributed by atoms with Gasteiger partial charge >= 0.3 is 5.97 Å². The van der Waals surface area contributed by atoms with Crippen LogP contribution in [0.3, 0.4) is 0 Å². The van der Waals surface area contributed by atoms with Gasteiger partial charge in [0.1, 0.15) is 0 Å². The lowest BCUT2D eigenvalue weighted by atomic mass is 9.85. The van der Waals surface area contributed by atoms with Crippen molar-refractivity contribution < 1.29 is 19.1 Å². The highest BCUT2D eigenvalue weighted by Gasteiger charge is 2.57. The molecule has 0 spiro atoms. The van der Waals surface area contributed by atoms with Crippen LogP contribution in [0.25, 0.3) is 0 Å². The van der Waals surface area contributed by atoms with Crippen LogP contribution in [-0.2, 0) is 24.7 Å². The molecule has 22 heavy (non-hydrogen) atoms. The number of esters is 1. The largest absolute Gasteiger partial charge is 0.432 e. The molecule has 1 aliphatic carbocycles. The Bertz CT molecular complexity index is 639. The van der Waals surface area contributed by atoms with Gasteiger partial charge < -0.3 is 9.47 Å². The van der Waals surface area contributed by atoms with E-state index in [2.05, 4.69) is 0 Å². The zero-order valence-electron chi connectivity index (χ0n) is 13.1. The van der Waals surface area contributed by atoms with Crippen LogP contribution in [0, 0.1) is 5.41 Å². The van der Waals surface area contributed by atoms with E-state index in [1.54, 1.807) is 6.08 Å². The summed E-state index contributed by atoms with van der Waals surface area (Å²) in [4.78, 5) is 24.4. The molecule has 1 fully saturated rings. The summed E-state index contributed by atoms with van der Waals surface area (Å²) in [5, 5.41) is 0. The van der Waals surface area contributed by atoms with Crippen molar-refractivity contribution in [3.8, 4) is 0 Å². The highest BCUT2D eigenvalue weighted by atomic mass is 16.8. The molecule has 0 N–H and O–H groups in total. The van der Waals surface area contributed by atoms with Crippen molar-refractivity contribution >= 4 is 11.8 Å². The quantitative estimate of drug-likeness (QED) is 0.787. The van der Waals surface area contributed by atoms with E-state index in [-0.39, 0.29) is 11.2 Å². The summed E-state index contributed by atoms with van der Waals surface area (Å²) >= 11 is 0. The fourth-order valence-corrected chi connectivity index (χ4v) is 2.89. The molecule has 1 aliphatic heterocycles. The lowest BCUT2D eigenvalue weighted by Crippen LogP contribution is -2.36. The maximum Gasteiger partial charge on any atom is 0.350 e. The predicted octanol–water partition coefficient (Wildman–Crippen LogP) is 3.12. The minimum Gasteiger partial charge on any atom is -0.432 e. The molecule has 116 valence electrons. The number of hydrogen-bond acceptors (Lipinski definition) is 4. The first-order valence-electron chi connectivity index (χ1n) is 7.52. The van der Waals surface area contributed by atoms with E-state index < -0.39 is 17.9 Å². The van der Waals surface area contributed by atoms with Crippen molar-refractivity contribution in [1.82, 2.24) is 0 Å². The van der Waals surface area contributed by atoms with Crippen LogP contribution < -0.4 is 0 Å². The number of allylic oxidation sites excluding steroid dienone is 1. The van der Waals surface area contributed by atoms with Crippen molar-refractivity contribution in [3.05, 3.63) is 47.5 Å². The average Bonchev–Trinajstić information content (AvgIpc) is 3.04. The highest BCUT2D eigenvalue weighted by molar-refractivity contribution is 5.97. The Kier molecular flexibility index (Phi) is 3.44. The molecule has 2 aliphatic rings. The molecule has 1 aromatic carbocycles. The zero-order chi connectivity index (χ0) is 16.0. The maximum absolute atomic E-state index is 12.7. The molecule has 4 heteroatoms. The summed E-state index contributed by atoms with van der Waals surface area (Å²) in [6, 6.07) is 9.28. The number of cyclic esters (lactones) is 1. The summed E-state index contributed by atoms with van der Waals surface area (Å²) in [7, 11) is 0. The van der Waals surface area contributed by atoms with Gasteiger partial charge in [0.05, 0.1) is 0 Å². The first-order chi connectivity index (χ1) is 10.3. The molecule has 0 bridgehead atoms. The minimum atomic E-state index is -1.29. The van der Waals surface area contributed by atoms with Gasteiger partial charge in [-0.05, 0) is 23.6 Å². The van der Waals surface area contributed by atoms with Crippen LogP contribution in [0.4, 0.5) is 0 Å². The maximum atomic E-state index is 12.7. The molecule has 4 nitrogen and oxygen atoms in total. The number of carbonyl (C=O) groups excluding carboxylic acids is 2. The lowest BCUT2D eigenvalue weighted by Gasteiger charge is -2.29. The van der Waals surface area contributed by atoms with Gasteiger partial charge in [-0.15, -0.1) is 0 Å². The molecule has 2 atom stereocenters. The van der Waals surface area contributed by atoms with E-state index in [0.717, 1.165) is 0 Å². The molecular formula is C18H20O4. The number of hydrogen-bond donors (Lipinski definition) is 0. The minimum absolute atomic E-state index is 0.0286. The predicted molar refractivity (Wildman–Crippen MR) is 80.9 cm³/mol. The summed E-state index contributed by atoms with van der Waals surface area (Å²) in [5.41, 5.74) is -0.214. The van der Waals surface area contributed by atoms with Crippen molar-refractivity contribution in [2.24, 2.45) is 5.41 Å². The molecule has 0 saturated carbocycles. The second-order valence-corrected chi connectivity index (χ2v) is 6.90. The van der Waals surface area contributed by atoms with Crippen LogP contribution in [-0.4, -0.2) is 18.0 Å². The molecule has 1 aromatic rings. The van der Waals surface area contributed by atoms with Gasteiger partial charge in [-0.2, -0.15) is 0 Å². The monoisotopic (exact) mass is 300 g/mol. The molecule has 0 amide bonds. The number of benzene rings is 1. The van der Waals surface area contributed by atoms with Crippen LogP contribution in [0.1, 0.15) is 39.2 Å². The van der Waals surface area contributed by atoms with Gasteiger partial charge in [0, 0.05) is 11.8 Å². The molecule has 0 unspecified atom stereocenters. The van der Waals surface area contributed by atoms with E-state index >= 15 is 0 Å². The van der Waals surface area contributed by atoms with E-state index in [0.29, 0.717) is 24.0 Å². The molecule has 0 aromatic heterocycles. The molecule has 1 heterocycles. The Labute approximate surface area is 130 Å². The normalized spacial score (nSPS) is 28.7. The Morgan fingerprint density at radius 2 is 1.77 bits per heavy atom. The first-order valence-corrected chi connectivity index (χ1v) is 7.52. The van der Waals surface area contributed by atoms with Gasteiger partial charge in [-0.1, -0.05) is 51.1 Å². The second kappa shape index (κ2) is 5.06. The fourth-order valence-electron chi connectivity index (χ4n) is 2.89. The zero-order valence-corrected chi connectivity index (χ0v) is 13.1. The molecule has 1 saturated heterocycles. The van der Waals surface area contributed by atoms with Crippen molar-refractivity contribution in [2.45, 2.75) is 45.5 Å². The summed E-state index contributed by atoms with van der Waals surface area (Å²) < 4.78 is 11.7. The fraction of sp³-hybridized carbons (Fsp3) is 0.444. The van der Waals surface area contributed by atoms with Crippen LogP contribution in [0.2, 0.25) is 0 Å². The van der Waals surface area contributed by atoms with E-state index in [4.69, 9.17) is 9.47 Å². The van der Waals surface area contributed by atoms with Crippen LogP contribution in [0.5, 0.6) is 0 Å². The number of carbonyl (C=O) groups is 2. The van der Waals surface area contributed by atoms with E-state index in [1.165, 1.54) is 0 Å². The third-order valence-corrected chi connectivity index (χ3v) is 4.10. The third-order valence-electron chi connectivity index (χ3n) is 4.10. The van der Waals surface area contributed by atoms with Crippen molar-refractivity contribution in [1.29, 1.82) is 0 Å². The highest BCUT2D eigenvalue weighted by Crippen LogP contribution is 2.47. The molecular weight excluding hydrogens is 280 g/mol. The van der Waals surface area contributed by atoms with Crippen LogP contribution in [0.15, 0.2) is 42.0 Å². The summed E-state index contributed by atoms with van der Waals surface area (Å²) in [6.45, 7) is 5.88. The van der Waals surface area contributed by atoms with Crippen molar-refractivity contribution in [3.63, 3.8) is 0 Å². The third kappa shape index (κ3) is 2.28. The van der Waals surface area contributed by atoms with Crippen molar-refractivity contribution in [2.75, 3.05) is 0 Å². The SMILES string of the molecule is CC(C)(C)[C@H]1OC(=O)[C@@](C2=CC(=O)CC2)(c2ccccc2)O1. The summed E-state index contributed by atoms with van der Waals surface area (Å²) in [5.74, 6) is -0.402. The standard InChI is InChI=1S/C18H20O4/c1-17(2,3)16-21-15(20)18(22-16,12-7-5-4-6-8-12)13-9-10-14(19)11-13/h4-8,11,16H,9-10H2,1-3H3/t16-,18-/m0/s1. The lowest BCUT2D eigenvalue weighted by molar-refractivity contribution is -0.155. The van der Waals surface area contributed by atoms with Gasteiger partial charge in [0.25, 0.3) is 0 Å². The summed E-state index contributed by atoms with van der Waals surface area (Å²) in [6.07, 6.45) is 1.84. The number of ketones is 1. The number of ether oxygens (including phenoxy) is 2. The van der Waals surface area contributed by atoms with E-state index in [9.17, 15) is 9.59 Å². The second-order valence-electron chi connectivity index (χ2n) is 6.90. The Balaban J connectivity index is 2.11. The Morgan fingerprint density at radius 1 is 1.09 bits per heavy atom. The topological polar surface area (TPSA) is 52.6 Å². The number of rotatable bonds is 2. The van der Waals surface area contributed by atoms with Crippen LogP contribution >= 0.6 is 0 Å². The smallest absolute Gasteiger partial charge is 0.350 e. The van der Waals surface area contributed by atoms with Gasteiger partial charge in [-0.25, -0.2) is 4.79 Å². The Morgan fingerprint density at radius 3 is 2.27 bits per heavy atom. The molecule has 3 rings (SSSR count). The first kappa shape index (κ1) is 15.0. The van der Waals surface area contributed by atoms with E-state index in [1.807, 2.05) is 51.1 Å². The molecule has 0 radical (unpaired) electrons. The van der Waals surface area contributed by atoms with Gasteiger partial charge in [-0.3, -0.25) is 4.79 Å². The Hall–Kier alpha value is -1.94. The van der Waals surface area contributed by atoms with Gasteiger partial charge in [0.2, 0.25) is 11.9 Å².